The number of ether oxygens (including phenoxy) is 1. The van der Waals surface area contributed by atoms with Crippen LogP contribution in [0.15, 0.2) is 48.9 Å². The van der Waals surface area contributed by atoms with Gasteiger partial charge in [-0.25, -0.2) is 15.0 Å². The van der Waals surface area contributed by atoms with Crippen molar-refractivity contribution in [3.05, 3.63) is 48.9 Å². The zero-order chi connectivity index (χ0) is 14.2. The molecule has 0 atom stereocenters. The number of aromatic nitrogens is 5. The molecule has 0 bridgehead atoms. The van der Waals surface area contributed by atoms with Crippen LogP contribution in [-0.4, -0.2) is 31.7 Å². The summed E-state index contributed by atoms with van der Waals surface area (Å²) in [5.74, 6) is 1.36. The van der Waals surface area contributed by atoms with E-state index in [9.17, 15) is 0 Å². The zero-order valence-corrected chi connectivity index (χ0v) is 11.3. The second kappa shape index (κ2) is 4.52. The van der Waals surface area contributed by atoms with Gasteiger partial charge in [0.05, 0.1) is 18.8 Å². The van der Waals surface area contributed by atoms with E-state index in [1.54, 1.807) is 17.8 Å². The van der Waals surface area contributed by atoms with Gasteiger partial charge < -0.3 is 4.74 Å². The molecule has 0 amide bonds. The molecule has 4 aromatic rings. The largest absolute Gasteiger partial charge is 0.495 e. The molecule has 0 aliphatic heterocycles. The molecule has 0 aliphatic rings. The molecule has 0 saturated carbocycles. The van der Waals surface area contributed by atoms with Gasteiger partial charge in [0, 0.05) is 5.39 Å². The van der Waals surface area contributed by atoms with Crippen molar-refractivity contribution >= 4 is 16.6 Å². The third kappa shape index (κ3) is 1.80. The molecular weight excluding hydrogens is 266 g/mol. The van der Waals surface area contributed by atoms with Crippen LogP contribution in [0.5, 0.6) is 5.75 Å². The topological polar surface area (TPSA) is 65.2 Å². The highest BCUT2D eigenvalue weighted by Gasteiger charge is 2.12. The second-order valence-electron chi connectivity index (χ2n) is 4.53. The lowest BCUT2D eigenvalue weighted by molar-refractivity contribution is 0.413. The molecule has 0 aliphatic carbocycles. The molecular formula is C15H11N5O. The van der Waals surface area contributed by atoms with Crippen LogP contribution in [0.3, 0.4) is 0 Å². The van der Waals surface area contributed by atoms with Gasteiger partial charge in [-0.1, -0.05) is 12.1 Å². The number of methoxy groups -OCH3 is 1. The summed E-state index contributed by atoms with van der Waals surface area (Å²) >= 11 is 0. The molecule has 3 aromatic heterocycles. The summed E-state index contributed by atoms with van der Waals surface area (Å²) in [5.41, 5.74) is 2.36. The summed E-state index contributed by atoms with van der Waals surface area (Å²) in [7, 11) is 1.61. The summed E-state index contributed by atoms with van der Waals surface area (Å²) in [6.07, 6.45) is 3.19. The van der Waals surface area contributed by atoms with Gasteiger partial charge in [0.1, 0.15) is 17.8 Å². The molecule has 3 heterocycles. The number of fused-ring (bicyclic) bond motifs is 3. The Kier molecular flexibility index (Phi) is 2.53. The maximum absolute atomic E-state index is 5.13. The molecule has 1 aromatic carbocycles. The number of benzene rings is 1. The SMILES string of the molecule is COc1ccc(-c2nc3ccccc3c3ncnn23)nc1. The monoisotopic (exact) mass is 277 g/mol. The zero-order valence-electron chi connectivity index (χ0n) is 11.3. The first-order valence-corrected chi connectivity index (χ1v) is 6.46. The Morgan fingerprint density at radius 3 is 2.76 bits per heavy atom. The molecule has 0 fully saturated rings. The Bertz CT molecular complexity index is 930. The van der Waals surface area contributed by atoms with E-state index >= 15 is 0 Å². The molecule has 0 N–H and O–H groups in total. The van der Waals surface area contributed by atoms with E-state index in [-0.39, 0.29) is 0 Å². The van der Waals surface area contributed by atoms with Crippen molar-refractivity contribution < 1.29 is 4.74 Å². The number of hydrogen-bond acceptors (Lipinski definition) is 5. The van der Waals surface area contributed by atoms with Gasteiger partial charge in [-0.3, -0.25) is 0 Å². The first-order valence-electron chi connectivity index (χ1n) is 6.46. The number of para-hydroxylation sites is 1. The third-order valence-corrected chi connectivity index (χ3v) is 3.32. The minimum Gasteiger partial charge on any atom is -0.495 e. The summed E-state index contributed by atoms with van der Waals surface area (Å²) < 4.78 is 6.84. The fourth-order valence-corrected chi connectivity index (χ4v) is 2.30. The normalized spacial score (nSPS) is 11.1. The van der Waals surface area contributed by atoms with E-state index in [1.165, 1.54) is 6.33 Å². The Hall–Kier alpha value is -3.02. The van der Waals surface area contributed by atoms with Crippen molar-refractivity contribution in [2.75, 3.05) is 7.11 Å². The van der Waals surface area contributed by atoms with Gasteiger partial charge in [0.15, 0.2) is 11.5 Å². The summed E-state index contributed by atoms with van der Waals surface area (Å²) in [5, 5.41) is 5.22. The highest BCUT2D eigenvalue weighted by Crippen LogP contribution is 2.23. The minimum atomic E-state index is 0.656. The van der Waals surface area contributed by atoms with Crippen LogP contribution in [0.1, 0.15) is 0 Å². The summed E-state index contributed by atoms with van der Waals surface area (Å²) in [4.78, 5) is 13.4. The molecule has 102 valence electrons. The molecule has 0 spiro atoms. The average Bonchev–Trinajstić information content (AvgIpc) is 3.04. The van der Waals surface area contributed by atoms with Gasteiger partial charge in [0.2, 0.25) is 0 Å². The predicted octanol–water partition coefficient (Wildman–Crippen LogP) is 2.35. The van der Waals surface area contributed by atoms with Crippen molar-refractivity contribution in [1.82, 2.24) is 24.6 Å². The lowest BCUT2D eigenvalue weighted by atomic mass is 10.2. The van der Waals surface area contributed by atoms with Crippen LogP contribution in [-0.2, 0) is 0 Å². The summed E-state index contributed by atoms with van der Waals surface area (Å²) in [6, 6.07) is 11.6. The van der Waals surface area contributed by atoms with Gasteiger partial charge in [0.25, 0.3) is 0 Å². The van der Waals surface area contributed by atoms with Crippen LogP contribution in [0, 0.1) is 0 Å². The quantitative estimate of drug-likeness (QED) is 0.562. The Labute approximate surface area is 120 Å². The van der Waals surface area contributed by atoms with Gasteiger partial charge in [-0.05, 0) is 24.3 Å². The Morgan fingerprint density at radius 1 is 1.05 bits per heavy atom. The number of pyridine rings is 1. The lowest BCUT2D eigenvalue weighted by Crippen LogP contribution is -2.00. The van der Waals surface area contributed by atoms with Crippen molar-refractivity contribution in [3.8, 4) is 17.3 Å². The van der Waals surface area contributed by atoms with Gasteiger partial charge in [-0.15, -0.1) is 0 Å². The number of hydrogen-bond donors (Lipinski definition) is 0. The van der Waals surface area contributed by atoms with Crippen molar-refractivity contribution in [1.29, 1.82) is 0 Å². The van der Waals surface area contributed by atoms with Crippen molar-refractivity contribution in [2.45, 2.75) is 0 Å². The maximum Gasteiger partial charge on any atom is 0.182 e. The predicted molar refractivity (Wildman–Crippen MR) is 78.1 cm³/mol. The minimum absolute atomic E-state index is 0.656. The van der Waals surface area contributed by atoms with E-state index in [0.29, 0.717) is 11.6 Å². The number of nitrogens with zero attached hydrogens (tertiary/aromatic N) is 5. The molecule has 21 heavy (non-hydrogen) atoms. The van der Waals surface area contributed by atoms with Crippen LogP contribution in [0.25, 0.3) is 28.1 Å². The first-order chi connectivity index (χ1) is 10.4. The van der Waals surface area contributed by atoms with E-state index in [0.717, 1.165) is 22.2 Å². The van der Waals surface area contributed by atoms with Crippen LogP contribution in [0.2, 0.25) is 0 Å². The van der Waals surface area contributed by atoms with Gasteiger partial charge in [-0.2, -0.15) is 9.61 Å². The molecule has 0 saturated heterocycles. The van der Waals surface area contributed by atoms with E-state index in [2.05, 4.69) is 20.1 Å². The standard InChI is InChI=1S/C15H11N5O/c1-21-10-6-7-13(16-8-10)15-19-12-5-3-2-4-11(12)14-17-9-18-20(14)15/h2-9H,1H3. The third-order valence-electron chi connectivity index (χ3n) is 3.32. The molecule has 6 heteroatoms. The second-order valence-corrected chi connectivity index (χ2v) is 4.53. The van der Waals surface area contributed by atoms with Crippen LogP contribution < -0.4 is 4.74 Å². The number of rotatable bonds is 2. The van der Waals surface area contributed by atoms with Gasteiger partial charge >= 0.3 is 0 Å². The van der Waals surface area contributed by atoms with Crippen molar-refractivity contribution in [3.63, 3.8) is 0 Å². The average molecular weight is 277 g/mol. The summed E-state index contributed by atoms with van der Waals surface area (Å²) in [6.45, 7) is 0. The first kappa shape index (κ1) is 11.8. The molecule has 4 rings (SSSR count). The lowest BCUT2D eigenvalue weighted by Gasteiger charge is -2.06. The van der Waals surface area contributed by atoms with Crippen molar-refractivity contribution in [2.24, 2.45) is 0 Å². The molecule has 6 nitrogen and oxygen atoms in total. The van der Waals surface area contributed by atoms with E-state index in [4.69, 9.17) is 4.74 Å². The van der Waals surface area contributed by atoms with E-state index < -0.39 is 0 Å². The Balaban J connectivity index is 2.03. The smallest absolute Gasteiger partial charge is 0.182 e. The van der Waals surface area contributed by atoms with E-state index in [1.807, 2.05) is 36.4 Å². The fourth-order valence-electron chi connectivity index (χ4n) is 2.30. The Morgan fingerprint density at radius 2 is 1.95 bits per heavy atom. The highest BCUT2D eigenvalue weighted by atomic mass is 16.5. The molecule has 0 radical (unpaired) electrons. The highest BCUT2D eigenvalue weighted by molar-refractivity contribution is 5.92. The van der Waals surface area contributed by atoms with Crippen LogP contribution >= 0.6 is 0 Å². The fraction of sp³-hybridized carbons (Fsp3) is 0.0667. The van der Waals surface area contributed by atoms with Crippen LogP contribution in [0.4, 0.5) is 0 Å². The maximum atomic E-state index is 5.13. The molecule has 0 unspecified atom stereocenters.